The molecule has 0 radical (unpaired) electrons. The van der Waals surface area contributed by atoms with Crippen molar-refractivity contribution in [3.05, 3.63) is 0 Å². The van der Waals surface area contributed by atoms with Crippen molar-refractivity contribution in [1.29, 1.82) is 0 Å². The molecule has 0 bridgehead atoms. The molecule has 0 aromatic carbocycles. The van der Waals surface area contributed by atoms with E-state index >= 15 is 0 Å². The van der Waals surface area contributed by atoms with Gasteiger partial charge < -0.3 is 0 Å². The second kappa shape index (κ2) is 4.52. The maximum absolute atomic E-state index is 4.72. The monoisotopic (exact) mass is 224 g/mol. The molecule has 0 saturated heterocycles. The molecule has 0 amide bonds. The largest absolute Gasteiger partial charge is 0.175 e. The summed E-state index contributed by atoms with van der Waals surface area (Å²) in [5.41, 5.74) is 0. The summed E-state index contributed by atoms with van der Waals surface area (Å²) in [5, 5.41) is 0.356. The molecular formula is C9H20S3. The summed E-state index contributed by atoms with van der Waals surface area (Å²) in [6.45, 7) is 8.76. The highest BCUT2D eigenvalue weighted by Gasteiger charge is 2.43. The Hall–Kier alpha value is 1.05. The molecule has 74 valence electrons. The Morgan fingerprint density at radius 3 is 1.92 bits per heavy atom. The van der Waals surface area contributed by atoms with Crippen molar-refractivity contribution in [2.24, 2.45) is 0 Å². The average Bonchev–Trinajstić information content (AvgIpc) is 2.02. The van der Waals surface area contributed by atoms with Gasteiger partial charge in [0.2, 0.25) is 0 Å². The highest BCUT2D eigenvalue weighted by Crippen LogP contribution is 2.45. The molecule has 0 aromatic heterocycles. The van der Waals surface area contributed by atoms with Gasteiger partial charge in [0.15, 0.2) is 0 Å². The summed E-state index contributed by atoms with van der Waals surface area (Å²) in [6, 6.07) is 0. The standard InChI is InChI=1S/C9H20S3/c1-6-8(3,11)9(4,12-5)7(2)10/h7,10-11H,6H2,1-5H3. The zero-order valence-electron chi connectivity index (χ0n) is 8.59. The summed E-state index contributed by atoms with van der Waals surface area (Å²) < 4.78 is 0.182. The lowest BCUT2D eigenvalue weighted by Crippen LogP contribution is -2.48. The van der Waals surface area contributed by atoms with Crippen molar-refractivity contribution < 1.29 is 0 Å². The van der Waals surface area contributed by atoms with E-state index in [4.69, 9.17) is 12.6 Å². The molecular weight excluding hydrogens is 204 g/mol. The van der Waals surface area contributed by atoms with Crippen LogP contribution in [0, 0.1) is 0 Å². The maximum Gasteiger partial charge on any atom is 0.0383 e. The molecule has 0 spiro atoms. The molecule has 0 aromatic rings. The summed E-state index contributed by atoms with van der Waals surface area (Å²) in [6.07, 6.45) is 3.20. The van der Waals surface area contributed by atoms with Gasteiger partial charge in [-0.3, -0.25) is 0 Å². The minimum absolute atomic E-state index is 0.0492. The van der Waals surface area contributed by atoms with Crippen molar-refractivity contribution in [2.45, 2.75) is 48.9 Å². The van der Waals surface area contributed by atoms with E-state index in [9.17, 15) is 0 Å². The lowest BCUT2D eigenvalue weighted by molar-refractivity contribution is 0.467. The minimum atomic E-state index is 0.0492. The molecule has 0 rings (SSSR count). The van der Waals surface area contributed by atoms with Crippen LogP contribution in [-0.2, 0) is 0 Å². The molecule has 3 heteroatoms. The fourth-order valence-electron chi connectivity index (χ4n) is 1.19. The van der Waals surface area contributed by atoms with Crippen molar-refractivity contribution in [2.75, 3.05) is 6.26 Å². The predicted molar refractivity (Wildman–Crippen MR) is 68.1 cm³/mol. The molecule has 0 aliphatic carbocycles. The molecule has 3 atom stereocenters. The van der Waals surface area contributed by atoms with Crippen molar-refractivity contribution >= 4 is 37.0 Å². The average molecular weight is 224 g/mol. The first-order valence-corrected chi connectivity index (χ1v) is 6.46. The van der Waals surface area contributed by atoms with Gasteiger partial charge in [-0.2, -0.15) is 37.0 Å². The van der Waals surface area contributed by atoms with Gasteiger partial charge in [-0.05, 0) is 26.5 Å². The number of hydrogen-bond donors (Lipinski definition) is 2. The van der Waals surface area contributed by atoms with E-state index < -0.39 is 0 Å². The van der Waals surface area contributed by atoms with Crippen molar-refractivity contribution in [3.8, 4) is 0 Å². The van der Waals surface area contributed by atoms with Crippen molar-refractivity contribution in [3.63, 3.8) is 0 Å². The van der Waals surface area contributed by atoms with E-state index in [2.05, 4.69) is 46.6 Å². The fourth-order valence-corrected chi connectivity index (χ4v) is 3.29. The van der Waals surface area contributed by atoms with Gasteiger partial charge in [0.1, 0.15) is 0 Å². The van der Waals surface area contributed by atoms with E-state index in [1.807, 2.05) is 11.8 Å². The zero-order valence-corrected chi connectivity index (χ0v) is 11.2. The van der Waals surface area contributed by atoms with Crippen LogP contribution < -0.4 is 0 Å². The maximum atomic E-state index is 4.72. The summed E-state index contributed by atoms with van der Waals surface area (Å²) in [7, 11) is 0. The highest BCUT2D eigenvalue weighted by molar-refractivity contribution is 8.01. The first-order chi connectivity index (χ1) is 5.31. The first-order valence-electron chi connectivity index (χ1n) is 4.27. The van der Waals surface area contributed by atoms with Gasteiger partial charge in [0.05, 0.1) is 0 Å². The predicted octanol–water partition coefficient (Wildman–Crippen LogP) is 3.52. The molecule has 12 heavy (non-hydrogen) atoms. The number of thiol groups is 2. The van der Waals surface area contributed by atoms with E-state index in [1.54, 1.807) is 0 Å². The zero-order chi connectivity index (χ0) is 9.99. The van der Waals surface area contributed by atoms with Crippen LogP contribution in [0.1, 0.15) is 34.1 Å². The van der Waals surface area contributed by atoms with Crippen LogP contribution in [0.25, 0.3) is 0 Å². The second-order valence-electron chi connectivity index (χ2n) is 3.61. The van der Waals surface area contributed by atoms with E-state index in [-0.39, 0.29) is 9.49 Å². The van der Waals surface area contributed by atoms with Crippen LogP contribution in [0.2, 0.25) is 0 Å². The Kier molecular flexibility index (Phi) is 4.91. The minimum Gasteiger partial charge on any atom is -0.175 e. The first kappa shape index (κ1) is 13.1. The fraction of sp³-hybridized carbons (Fsp3) is 1.00. The third kappa shape index (κ3) is 2.30. The number of hydrogen-bond acceptors (Lipinski definition) is 3. The van der Waals surface area contributed by atoms with E-state index in [1.165, 1.54) is 0 Å². The third-order valence-electron chi connectivity index (χ3n) is 2.98. The third-order valence-corrected chi connectivity index (χ3v) is 6.25. The highest BCUT2D eigenvalue weighted by atomic mass is 32.2. The SMILES string of the molecule is CCC(C)(S)C(C)(SC)C(C)S. The molecule has 0 nitrogen and oxygen atoms in total. The summed E-state index contributed by atoms with van der Waals surface area (Å²) in [4.78, 5) is 0. The summed E-state index contributed by atoms with van der Waals surface area (Å²) in [5.74, 6) is 0. The Bertz CT molecular complexity index is 143. The molecule has 0 heterocycles. The van der Waals surface area contributed by atoms with Gasteiger partial charge in [0, 0.05) is 14.7 Å². The van der Waals surface area contributed by atoms with Crippen LogP contribution >= 0.6 is 37.0 Å². The topological polar surface area (TPSA) is 0 Å². The van der Waals surface area contributed by atoms with E-state index in [0.717, 1.165) is 6.42 Å². The molecule has 0 aliphatic rings. The Balaban J connectivity index is 4.74. The van der Waals surface area contributed by atoms with Crippen LogP contribution in [0.3, 0.4) is 0 Å². The Morgan fingerprint density at radius 2 is 1.83 bits per heavy atom. The van der Waals surface area contributed by atoms with Crippen LogP contribution in [0.5, 0.6) is 0 Å². The Morgan fingerprint density at radius 1 is 1.42 bits per heavy atom. The van der Waals surface area contributed by atoms with Crippen LogP contribution in [0.4, 0.5) is 0 Å². The number of thioether (sulfide) groups is 1. The van der Waals surface area contributed by atoms with Gasteiger partial charge in [-0.1, -0.05) is 13.8 Å². The lowest BCUT2D eigenvalue weighted by Gasteiger charge is -2.44. The van der Waals surface area contributed by atoms with Gasteiger partial charge >= 0.3 is 0 Å². The van der Waals surface area contributed by atoms with Crippen LogP contribution in [0.15, 0.2) is 0 Å². The van der Waals surface area contributed by atoms with Gasteiger partial charge in [0.25, 0.3) is 0 Å². The molecule has 0 fully saturated rings. The number of rotatable bonds is 4. The second-order valence-corrected chi connectivity index (χ2v) is 6.63. The lowest BCUT2D eigenvalue weighted by atomic mass is 9.88. The normalized spacial score (nSPS) is 24.2. The molecule has 0 saturated carbocycles. The van der Waals surface area contributed by atoms with Gasteiger partial charge in [-0.15, -0.1) is 0 Å². The Labute approximate surface area is 92.1 Å². The molecule has 0 aliphatic heterocycles. The van der Waals surface area contributed by atoms with Gasteiger partial charge in [-0.25, -0.2) is 0 Å². The van der Waals surface area contributed by atoms with Crippen LogP contribution in [-0.4, -0.2) is 21.0 Å². The van der Waals surface area contributed by atoms with E-state index in [0.29, 0.717) is 5.25 Å². The molecule has 0 N–H and O–H groups in total. The molecule has 3 unspecified atom stereocenters. The summed E-state index contributed by atoms with van der Waals surface area (Å²) >= 11 is 11.1. The smallest absolute Gasteiger partial charge is 0.0383 e. The quantitative estimate of drug-likeness (QED) is 0.689. The van der Waals surface area contributed by atoms with Crippen molar-refractivity contribution in [1.82, 2.24) is 0 Å².